The van der Waals surface area contributed by atoms with Crippen LogP contribution in [0.3, 0.4) is 0 Å². The molecule has 0 radical (unpaired) electrons. The fraction of sp³-hybridized carbons (Fsp3) is 0.444. The average molecular weight is 358 g/mol. The van der Waals surface area contributed by atoms with Crippen LogP contribution >= 0.6 is 0 Å². The second-order valence-electron chi connectivity index (χ2n) is 5.87. The summed E-state index contributed by atoms with van der Waals surface area (Å²) in [7, 11) is 0. The van der Waals surface area contributed by atoms with Crippen molar-refractivity contribution in [1.29, 1.82) is 5.26 Å². The number of hydrogen-bond acceptors (Lipinski definition) is 6. The van der Waals surface area contributed by atoms with Gasteiger partial charge in [0.1, 0.15) is 0 Å². The number of ether oxygens (including phenoxy) is 1. The number of amides is 1. The summed E-state index contributed by atoms with van der Waals surface area (Å²) in [4.78, 5) is 26.7. The number of nitriles is 1. The van der Waals surface area contributed by atoms with Gasteiger partial charge in [-0.3, -0.25) is 19.8 Å². The lowest BCUT2D eigenvalue weighted by molar-refractivity contribution is -0.384. The molecule has 8 heteroatoms. The number of nitro benzene ring substituents is 1. The van der Waals surface area contributed by atoms with Crippen LogP contribution in [0.15, 0.2) is 30.3 Å². The van der Waals surface area contributed by atoms with Gasteiger partial charge in [-0.15, -0.1) is 0 Å². The van der Waals surface area contributed by atoms with E-state index in [9.17, 15) is 14.9 Å². The molecular weight excluding hydrogens is 336 g/mol. The van der Waals surface area contributed by atoms with Crippen LogP contribution in [0.4, 0.5) is 5.69 Å². The minimum absolute atomic E-state index is 0.0201. The summed E-state index contributed by atoms with van der Waals surface area (Å²) in [5.74, 6) is -0.208. The predicted octanol–water partition coefficient (Wildman–Crippen LogP) is 1.68. The van der Waals surface area contributed by atoms with Crippen LogP contribution in [0.2, 0.25) is 0 Å². The molecule has 1 heterocycles. The maximum atomic E-state index is 12.5. The largest absolute Gasteiger partial charge is 0.379 e. The first kappa shape index (κ1) is 19.6. The lowest BCUT2D eigenvalue weighted by Crippen LogP contribution is -2.43. The van der Waals surface area contributed by atoms with Crippen LogP contribution in [-0.4, -0.2) is 66.6 Å². The van der Waals surface area contributed by atoms with E-state index in [1.807, 2.05) is 0 Å². The summed E-state index contributed by atoms with van der Waals surface area (Å²) in [6.07, 6.45) is 3.22. The van der Waals surface area contributed by atoms with Gasteiger partial charge >= 0.3 is 0 Å². The van der Waals surface area contributed by atoms with Gasteiger partial charge in [0.15, 0.2) is 0 Å². The van der Waals surface area contributed by atoms with Crippen LogP contribution in [0.1, 0.15) is 12.0 Å². The van der Waals surface area contributed by atoms with Gasteiger partial charge in [-0.1, -0.05) is 12.1 Å². The van der Waals surface area contributed by atoms with Gasteiger partial charge < -0.3 is 9.64 Å². The van der Waals surface area contributed by atoms with Crippen molar-refractivity contribution in [1.82, 2.24) is 9.80 Å². The van der Waals surface area contributed by atoms with Gasteiger partial charge in [-0.2, -0.15) is 5.26 Å². The molecule has 0 bridgehead atoms. The van der Waals surface area contributed by atoms with Crippen molar-refractivity contribution in [2.45, 2.75) is 6.42 Å². The summed E-state index contributed by atoms with van der Waals surface area (Å²) in [6.45, 7) is 4.68. The third-order valence-electron chi connectivity index (χ3n) is 4.09. The molecule has 8 nitrogen and oxygen atoms in total. The Morgan fingerprint density at radius 3 is 2.85 bits per heavy atom. The SMILES string of the molecule is N#CCCN(CCN1CCOCC1)C(=O)C=Cc1cccc([N+](=O)[O-])c1. The third-order valence-corrected chi connectivity index (χ3v) is 4.09. The molecule has 0 saturated carbocycles. The number of nitro groups is 1. The van der Waals surface area contributed by atoms with E-state index in [-0.39, 0.29) is 18.0 Å². The first-order valence-electron chi connectivity index (χ1n) is 8.48. The topological polar surface area (TPSA) is 99.7 Å². The number of non-ortho nitro benzene ring substituents is 1. The zero-order valence-corrected chi connectivity index (χ0v) is 14.5. The van der Waals surface area contributed by atoms with E-state index in [1.165, 1.54) is 18.2 Å². The van der Waals surface area contributed by atoms with E-state index in [1.54, 1.807) is 23.1 Å². The molecule has 0 aliphatic carbocycles. The zero-order valence-electron chi connectivity index (χ0n) is 14.5. The van der Waals surface area contributed by atoms with E-state index < -0.39 is 4.92 Å². The lowest BCUT2D eigenvalue weighted by atomic mass is 10.2. The lowest BCUT2D eigenvalue weighted by Gasteiger charge is -2.29. The summed E-state index contributed by atoms with van der Waals surface area (Å²) in [5, 5.41) is 19.6. The van der Waals surface area contributed by atoms with E-state index in [2.05, 4.69) is 11.0 Å². The number of benzene rings is 1. The van der Waals surface area contributed by atoms with Crippen molar-refractivity contribution >= 4 is 17.7 Å². The van der Waals surface area contributed by atoms with Crippen LogP contribution < -0.4 is 0 Å². The number of hydrogen-bond donors (Lipinski definition) is 0. The molecule has 0 aromatic heterocycles. The van der Waals surface area contributed by atoms with E-state index >= 15 is 0 Å². The molecule has 2 rings (SSSR count). The van der Waals surface area contributed by atoms with Gasteiger partial charge in [0.25, 0.3) is 5.69 Å². The van der Waals surface area contributed by atoms with E-state index in [0.717, 1.165) is 19.6 Å². The third kappa shape index (κ3) is 6.27. The smallest absolute Gasteiger partial charge is 0.270 e. The highest BCUT2D eigenvalue weighted by Gasteiger charge is 2.15. The second-order valence-corrected chi connectivity index (χ2v) is 5.87. The summed E-state index contributed by atoms with van der Waals surface area (Å²) in [5.41, 5.74) is 0.564. The van der Waals surface area contributed by atoms with E-state index in [0.29, 0.717) is 31.9 Å². The molecule has 1 aromatic rings. The van der Waals surface area contributed by atoms with Crippen LogP contribution in [-0.2, 0) is 9.53 Å². The Hall–Kier alpha value is -2.76. The monoisotopic (exact) mass is 358 g/mol. The molecule has 1 fully saturated rings. The molecule has 1 amide bonds. The Bertz CT molecular complexity index is 693. The quantitative estimate of drug-likeness (QED) is 0.398. The van der Waals surface area contributed by atoms with Crippen LogP contribution in [0.25, 0.3) is 6.08 Å². The van der Waals surface area contributed by atoms with Crippen LogP contribution in [0, 0.1) is 21.4 Å². The van der Waals surface area contributed by atoms with Gasteiger partial charge in [-0.25, -0.2) is 0 Å². The summed E-state index contributed by atoms with van der Waals surface area (Å²) >= 11 is 0. The fourth-order valence-corrected chi connectivity index (χ4v) is 2.62. The Kier molecular flexibility index (Phi) is 7.74. The number of rotatable bonds is 8. The van der Waals surface area contributed by atoms with Crippen LogP contribution in [0.5, 0.6) is 0 Å². The minimum atomic E-state index is -0.472. The molecule has 0 spiro atoms. The van der Waals surface area contributed by atoms with Crippen molar-refractivity contribution in [3.63, 3.8) is 0 Å². The molecule has 26 heavy (non-hydrogen) atoms. The second kappa shape index (κ2) is 10.3. The molecule has 0 unspecified atom stereocenters. The standard InChI is InChI=1S/C18H22N4O4/c19-7-2-8-21(10-9-20-11-13-26-14-12-20)18(23)6-5-16-3-1-4-17(15-16)22(24)25/h1,3-6,15H,2,8-14H2. The Morgan fingerprint density at radius 1 is 1.38 bits per heavy atom. The average Bonchev–Trinajstić information content (AvgIpc) is 2.67. The Morgan fingerprint density at radius 2 is 2.15 bits per heavy atom. The minimum Gasteiger partial charge on any atom is -0.379 e. The highest BCUT2D eigenvalue weighted by Crippen LogP contribution is 2.14. The maximum absolute atomic E-state index is 12.5. The first-order valence-corrected chi connectivity index (χ1v) is 8.48. The first-order chi connectivity index (χ1) is 12.6. The predicted molar refractivity (Wildman–Crippen MR) is 96.2 cm³/mol. The van der Waals surface area contributed by atoms with Gasteiger partial charge in [-0.05, 0) is 11.6 Å². The molecule has 0 N–H and O–H groups in total. The van der Waals surface area contributed by atoms with Gasteiger partial charge in [0, 0.05) is 50.9 Å². The Labute approximate surface area is 152 Å². The highest BCUT2D eigenvalue weighted by atomic mass is 16.6. The van der Waals surface area contributed by atoms with Crippen molar-refractivity contribution in [3.05, 3.63) is 46.0 Å². The molecule has 0 atom stereocenters. The van der Waals surface area contributed by atoms with Crippen molar-refractivity contribution in [3.8, 4) is 6.07 Å². The highest BCUT2D eigenvalue weighted by molar-refractivity contribution is 5.91. The Balaban J connectivity index is 1.97. The molecule has 1 aliphatic heterocycles. The zero-order chi connectivity index (χ0) is 18.8. The summed E-state index contributed by atoms with van der Waals surface area (Å²) in [6, 6.07) is 8.15. The molecule has 1 aliphatic rings. The molecule has 1 saturated heterocycles. The molecule has 1 aromatic carbocycles. The maximum Gasteiger partial charge on any atom is 0.270 e. The number of morpholine rings is 1. The summed E-state index contributed by atoms with van der Waals surface area (Å²) < 4.78 is 5.31. The number of carbonyl (C=O) groups excluding carboxylic acids is 1. The van der Waals surface area contributed by atoms with Crippen molar-refractivity contribution < 1.29 is 14.5 Å². The van der Waals surface area contributed by atoms with Crippen molar-refractivity contribution in [2.24, 2.45) is 0 Å². The van der Waals surface area contributed by atoms with E-state index in [4.69, 9.17) is 10.00 Å². The van der Waals surface area contributed by atoms with Crippen molar-refractivity contribution in [2.75, 3.05) is 45.9 Å². The number of nitrogens with zero attached hydrogens (tertiary/aromatic N) is 4. The number of carbonyl (C=O) groups is 1. The van der Waals surface area contributed by atoms with Gasteiger partial charge in [0.2, 0.25) is 5.91 Å². The molecular formula is C18H22N4O4. The molecule has 138 valence electrons. The normalized spacial score (nSPS) is 14.9. The van der Waals surface area contributed by atoms with Gasteiger partial charge in [0.05, 0.1) is 30.6 Å². The fourth-order valence-electron chi connectivity index (χ4n) is 2.62.